The van der Waals surface area contributed by atoms with Crippen molar-refractivity contribution in [2.75, 3.05) is 24.7 Å². The van der Waals surface area contributed by atoms with Gasteiger partial charge in [0.05, 0.1) is 24.7 Å². The third-order valence-electron chi connectivity index (χ3n) is 2.77. The summed E-state index contributed by atoms with van der Waals surface area (Å²) >= 11 is 0. The van der Waals surface area contributed by atoms with Gasteiger partial charge in [-0.2, -0.15) is 16.8 Å². The van der Waals surface area contributed by atoms with Crippen LogP contribution >= 0.6 is 0 Å². The molecule has 0 aliphatic carbocycles. The lowest BCUT2D eigenvalue weighted by Gasteiger charge is -2.04. The lowest BCUT2D eigenvalue weighted by Crippen LogP contribution is -2.09. The summed E-state index contributed by atoms with van der Waals surface area (Å²) in [7, 11) is -6.63. The van der Waals surface area contributed by atoms with E-state index in [4.69, 9.17) is 8.37 Å². The maximum absolute atomic E-state index is 11.0. The molecule has 20 heavy (non-hydrogen) atoms. The zero-order valence-corrected chi connectivity index (χ0v) is 14.0. The third-order valence-corrected chi connectivity index (χ3v) is 5.24. The third kappa shape index (κ3) is 11.6. The van der Waals surface area contributed by atoms with Crippen molar-refractivity contribution in [1.82, 2.24) is 0 Å². The topological polar surface area (TPSA) is 86.7 Å². The van der Waals surface area contributed by atoms with Crippen LogP contribution in [0.3, 0.4) is 0 Å². The van der Waals surface area contributed by atoms with Crippen LogP contribution in [0.25, 0.3) is 0 Å². The van der Waals surface area contributed by atoms with Crippen LogP contribution in [0.2, 0.25) is 0 Å². The van der Waals surface area contributed by atoms with Crippen molar-refractivity contribution in [2.24, 2.45) is 0 Å². The Morgan fingerprint density at radius 3 is 1.20 bits per heavy atom. The molecule has 8 heteroatoms. The van der Waals surface area contributed by atoms with Crippen LogP contribution in [-0.4, -0.2) is 41.6 Å². The average molecular weight is 330 g/mol. The molecule has 0 aromatic carbocycles. The Morgan fingerprint density at radius 2 is 0.900 bits per heavy atom. The lowest BCUT2D eigenvalue weighted by atomic mass is 10.1. The fraction of sp³-hybridized carbons (Fsp3) is 1.00. The van der Waals surface area contributed by atoms with Crippen molar-refractivity contribution >= 4 is 20.2 Å². The summed E-state index contributed by atoms with van der Waals surface area (Å²) in [5.41, 5.74) is 0. The molecule has 0 aromatic rings. The molecule has 0 aromatic heterocycles. The average Bonchev–Trinajstić information content (AvgIpc) is 2.41. The lowest BCUT2D eigenvalue weighted by molar-refractivity contribution is 0.299. The summed E-state index contributed by atoms with van der Waals surface area (Å²) in [6, 6.07) is 0. The Kier molecular flexibility index (Phi) is 10.4. The van der Waals surface area contributed by atoms with Gasteiger partial charge in [-0.1, -0.05) is 25.7 Å². The maximum Gasteiger partial charge on any atom is 0.267 e. The van der Waals surface area contributed by atoms with E-state index < -0.39 is 20.2 Å². The fourth-order valence-electron chi connectivity index (χ4n) is 1.45. The SMILES string of the molecule is CCS(=O)(=O)OCCCCCCCCOS(=O)(=O)CC. The van der Waals surface area contributed by atoms with Gasteiger partial charge in [-0.3, -0.25) is 8.37 Å². The van der Waals surface area contributed by atoms with Gasteiger partial charge in [0.25, 0.3) is 20.2 Å². The molecule has 0 saturated carbocycles. The Labute approximate surface area is 123 Å². The van der Waals surface area contributed by atoms with Gasteiger partial charge in [0, 0.05) is 0 Å². The monoisotopic (exact) mass is 330 g/mol. The number of hydrogen-bond donors (Lipinski definition) is 0. The second-order valence-electron chi connectivity index (χ2n) is 4.46. The minimum Gasteiger partial charge on any atom is -0.270 e. The standard InChI is InChI=1S/C12H26O6S2/c1-3-19(13,14)17-11-9-7-5-6-8-10-12-18-20(15,16)4-2/h3-12H2,1-2H3. The van der Waals surface area contributed by atoms with E-state index in [0.717, 1.165) is 38.5 Å². The molecule has 0 unspecified atom stereocenters. The summed E-state index contributed by atoms with van der Waals surface area (Å²) in [5, 5.41) is 0. The summed E-state index contributed by atoms with van der Waals surface area (Å²) in [6.07, 6.45) is 5.23. The smallest absolute Gasteiger partial charge is 0.267 e. The van der Waals surface area contributed by atoms with Crippen LogP contribution < -0.4 is 0 Å². The van der Waals surface area contributed by atoms with Gasteiger partial charge >= 0.3 is 0 Å². The highest BCUT2D eigenvalue weighted by atomic mass is 32.2. The van der Waals surface area contributed by atoms with Gasteiger partial charge in [0.1, 0.15) is 0 Å². The molecule has 0 bridgehead atoms. The summed E-state index contributed by atoms with van der Waals surface area (Å²) in [6.45, 7) is 3.59. The second kappa shape index (κ2) is 10.5. The Morgan fingerprint density at radius 1 is 0.600 bits per heavy atom. The van der Waals surface area contributed by atoms with Gasteiger partial charge in [0.2, 0.25) is 0 Å². The largest absolute Gasteiger partial charge is 0.270 e. The molecule has 0 radical (unpaired) electrons. The van der Waals surface area contributed by atoms with Gasteiger partial charge in [-0.25, -0.2) is 0 Å². The highest BCUT2D eigenvalue weighted by molar-refractivity contribution is 7.86. The van der Waals surface area contributed by atoms with Gasteiger partial charge in [0.15, 0.2) is 0 Å². The molecule has 0 rings (SSSR count). The highest BCUT2D eigenvalue weighted by Gasteiger charge is 2.07. The van der Waals surface area contributed by atoms with Crippen molar-refractivity contribution in [3.05, 3.63) is 0 Å². The fourth-order valence-corrected chi connectivity index (χ4v) is 2.53. The first kappa shape index (κ1) is 19.8. The second-order valence-corrected chi connectivity index (χ2v) is 8.31. The molecular formula is C12H26O6S2. The Bertz CT molecular complexity index is 385. The molecule has 0 aliphatic heterocycles. The highest BCUT2D eigenvalue weighted by Crippen LogP contribution is 2.07. The summed E-state index contributed by atoms with van der Waals surface area (Å²) < 4.78 is 53.6. The zero-order valence-electron chi connectivity index (χ0n) is 12.3. The first-order valence-corrected chi connectivity index (χ1v) is 10.2. The molecule has 0 amide bonds. The van der Waals surface area contributed by atoms with Crippen molar-refractivity contribution in [2.45, 2.75) is 52.4 Å². The van der Waals surface area contributed by atoms with Crippen LogP contribution in [0.5, 0.6) is 0 Å². The number of unbranched alkanes of at least 4 members (excludes halogenated alkanes) is 5. The molecule has 0 heterocycles. The van der Waals surface area contributed by atoms with E-state index in [2.05, 4.69) is 0 Å². The van der Waals surface area contributed by atoms with Crippen LogP contribution in [-0.2, 0) is 28.6 Å². The molecule has 0 N–H and O–H groups in total. The molecular weight excluding hydrogens is 304 g/mol. The molecule has 6 nitrogen and oxygen atoms in total. The molecule has 0 fully saturated rings. The minimum absolute atomic E-state index is 0.00761. The van der Waals surface area contributed by atoms with Gasteiger partial charge in [-0.15, -0.1) is 0 Å². The van der Waals surface area contributed by atoms with E-state index in [0.29, 0.717) is 0 Å². The Hall–Kier alpha value is -0.180. The van der Waals surface area contributed by atoms with Crippen LogP contribution in [0, 0.1) is 0 Å². The normalized spacial score (nSPS) is 12.7. The Balaban J connectivity index is 3.34. The van der Waals surface area contributed by atoms with E-state index >= 15 is 0 Å². The molecule has 0 aliphatic rings. The minimum atomic E-state index is -3.31. The first-order chi connectivity index (χ1) is 9.33. The maximum atomic E-state index is 11.0. The van der Waals surface area contributed by atoms with Gasteiger partial charge in [-0.05, 0) is 26.7 Å². The van der Waals surface area contributed by atoms with Gasteiger partial charge < -0.3 is 0 Å². The quantitative estimate of drug-likeness (QED) is 0.379. The van der Waals surface area contributed by atoms with Crippen molar-refractivity contribution < 1.29 is 25.2 Å². The van der Waals surface area contributed by atoms with E-state index in [1.54, 1.807) is 13.8 Å². The van der Waals surface area contributed by atoms with E-state index in [9.17, 15) is 16.8 Å². The molecule has 0 saturated heterocycles. The summed E-state index contributed by atoms with van der Waals surface area (Å²) in [4.78, 5) is 0. The van der Waals surface area contributed by atoms with E-state index in [1.165, 1.54) is 0 Å². The van der Waals surface area contributed by atoms with Crippen molar-refractivity contribution in [1.29, 1.82) is 0 Å². The van der Waals surface area contributed by atoms with Crippen LogP contribution in [0.15, 0.2) is 0 Å². The van der Waals surface area contributed by atoms with Crippen molar-refractivity contribution in [3.63, 3.8) is 0 Å². The predicted octanol–water partition coefficient (Wildman–Crippen LogP) is 2.06. The molecule has 122 valence electrons. The van der Waals surface area contributed by atoms with Crippen molar-refractivity contribution in [3.8, 4) is 0 Å². The van der Waals surface area contributed by atoms with Crippen LogP contribution in [0.4, 0.5) is 0 Å². The molecule has 0 spiro atoms. The summed E-state index contributed by atoms with van der Waals surface area (Å²) in [5.74, 6) is 0.0152. The number of rotatable bonds is 13. The van der Waals surface area contributed by atoms with E-state index in [1.807, 2.05) is 0 Å². The zero-order chi connectivity index (χ0) is 15.5. The predicted molar refractivity (Wildman–Crippen MR) is 78.5 cm³/mol. The van der Waals surface area contributed by atoms with E-state index in [-0.39, 0.29) is 24.7 Å². The van der Waals surface area contributed by atoms with Crippen LogP contribution in [0.1, 0.15) is 52.4 Å². The molecule has 0 atom stereocenters. The number of hydrogen-bond acceptors (Lipinski definition) is 6. The first-order valence-electron chi connectivity index (χ1n) is 7.07.